The van der Waals surface area contributed by atoms with Crippen molar-refractivity contribution in [3.8, 4) is 0 Å². The quantitative estimate of drug-likeness (QED) is 0.0781. The zero-order valence-electron chi connectivity index (χ0n) is 46.6. The molecule has 1 aromatic rings. The molecule has 71 heavy (non-hydrogen) atoms. The maximum Gasteiger partial charge on any atom is 0.407 e. The standard InChI is InChI=1S/C46H64N2O23/c1-26(49)61-24-35-38(64-28(3)51)40(66-30(5)53)42(68-32(7)55)44(70-35)59-21-19-48(37(57)17-13-10-14-18-47-46(58)63-23-34-15-11-9-12-16-34)20-22-60-45-43(69-33(8)56)41(67-31(6)54)39(65-29(4)52)36(71-45)25-62-27(2)50/h9,11-12,15-16,35-36,38-45H,10,13-14,17-25H2,1-8H3,(H,47,58)/t35-,36-,38-,39-,40+,41+,42+,43+,44?,45?/m1/s1/i1D,2D,3D,4D,5D,6D,7D,8D. The van der Waals surface area contributed by atoms with Gasteiger partial charge in [-0.05, 0) is 18.4 Å². The van der Waals surface area contributed by atoms with Gasteiger partial charge in [-0.25, -0.2) is 4.79 Å². The number of benzene rings is 1. The molecule has 25 heteroatoms. The van der Waals surface area contributed by atoms with Gasteiger partial charge in [0.2, 0.25) is 5.91 Å². The van der Waals surface area contributed by atoms with Crippen LogP contribution in [-0.2, 0) is 111 Å². The Morgan fingerprint density at radius 1 is 0.521 bits per heavy atom. The highest BCUT2D eigenvalue weighted by Gasteiger charge is 2.54. The van der Waals surface area contributed by atoms with Gasteiger partial charge in [0.05, 0.1) is 13.2 Å². The number of nitrogens with zero attached hydrogens (tertiary/aromatic N) is 1. The molecule has 2 amide bonds. The highest BCUT2D eigenvalue weighted by Crippen LogP contribution is 2.32. The number of carbonyl (C=O) groups is 10. The zero-order valence-corrected chi connectivity index (χ0v) is 38.6. The molecule has 1 N–H and O–H groups in total. The molecule has 2 fully saturated rings. The molecule has 0 spiro atoms. The third kappa shape index (κ3) is 21.6. The highest BCUT2D eigenvalue weighted by atomic mass is 16.7. The van der Waals surface area contributed by atoms with E-state index in [4.69, 9.17) is 72.5 Å². The second-order valence-electron chi connectivity index (χ2n) is 15.1. The van der Waals surface area contributed by atoms with Gasteiger partial charge in [-0.1, -0.05) is 36.8 Å². The summed E-state index contributed by atoms with van der Waals surface area (Å²) in [7, 11) is 0. The number of ether oxygens (including phenoxy) is 13. The third-order valence-electron chi connectivity index (χ3n) is 9.79. The predicted molar refractivity (Wildman–Crippen MR) is 235 cm³/mol. The minimum Gasteiger partial charge on any atom is -0.463 e. The summed E-state index contributed by atoms with van der Waals surface area (Å²) in [6.45, 7) is -11.0. The number of hydrogen-bond acceptors (Lipinski definition) is 23. The Balaban J connectivity index is 1.95. The fourth-order valence-corrected chi connectivity index (χ4v) is 6.98. The van der Waals surface area contributed by atoms with E-state index in [9.17, 15) is 47.9 Å². The van der Waals surface area contributed by atoms with Crippen LogP contribution >= 0.6 is 0 Å². The van der Waals surface area contributed by atoms with Gasteiger partial charge in [0.15, 0.2) is 49.2 Å². The van der Waals surface area contributed by atoms with Crippen molar-refractivity contribution in [1.29, 1.82) is 0 Å². The molecule has 0 aliphatic carbocycles. The molecule has 2 heterocycles. The Hall–Kier alpha value is -6.44. The molecule has 10 atom stereocenters. The largest absolute Gasteiger partial charge is 0.463 e. The molecule has 0 bridgehead atoms. The topological polar surface area (TPSA) is 306 Å². The first kappa shape index (κ1) is 46.9. The smallest absolute Gasteiger partial charge is 0.407 e. The van der Waals surface area contributed by atoms with E-state index in [1.54, 1.807) is 24.3 Å². The Morgan fingerprint density at radius 3 is 1.38 bits per heavy atom. The minimum atomic E-state index is -1.89. The molecule has 2 unspecified atom stereocenters. The van der Waals surface area contributed by atoms with Crippen molar-refractivity contribution in [1.82, 2.24) is 10.2 Å². The third-order valence-corrected chi connectivity index (χ3v) is 9.79. The van der Waals surface area contributed by atoms with Crippen molar-refractivity contribution in [2.75, 3.05) is 46.1 Å². The van der Waals surface area contributed by atoms with Crippen LogP contribution in [0.4, 0.5) is 4.79 Å². The lowest BCUT2D eigenvalue weighted by Crippen LogP contribution is -2.63. The van der Waals surface area contributed by atoms with Gasteiger partial charge in [-0.3, -0.25) is 43.2 Å². The molecular weight excluding hydrogens is 948 g/mol. The molecule has 396 valence electrons. The Labute approximate surface area is 421 Å². The Morgan fingerprint density at radius 2 is 0.944 bits per heavy atom. The number of amides is 2. The first-order valence-electron chi connectivity index (χ1n) is 27.2. The van der Waals surface area contributed by atoms with E-state index < -0.39 is 216 Å². The number of esters is 8. The molecule has 0 radical (unpaired) electrons. The fraction of sp³-hybridized carbons (Fsp3) is 0.652. The van der Waals surface area contributed by atoms with Gasteiger partial charge < -0.3 is 71.8 Å². The SMILES string of the molecule is [2H]CC(=O)OC[C@H]1OC(OCCN(CCOC2O[C@H](COC(=O)C[2H])[C@@H](OC(=O)C[2H])[C@H](OC(=O)C[2H])[C@@H]2OC(=O)C[2H])C(=O)CCCCCNC(=O)OCc2ccccc2)[C@@H](OC(=O)C[2H])[C@@H](OC(=O)C[2H])[C@@H]1OC(=O)C[2H]. The second kappa shape index (κ2) is 30.3. The van der Waals surface area contributed by atoms with Crippen LogP contribution < -0.4 is 5.32 Å². The second-order valence-corrected chi connectivity index (χ2v) is 15.1. The summed E-state index contributed by atoms with van der Waals surface area (Å²) >= 11 is 0. The normalized spacial score (nSPS) is 25.1. The summed E-state index contributed by atoms with van der Waals surface area (Å²) in [4.78, 5) is 127. The summed E-state index contributed by atoms with van der Waals surface area (Å²) in [5.41, 5.74) is 0.772. The molecule has 3 rings (SSSR count). The first-order valence-corrected chi connectivity index (χ1v) is 21.5. The van der Waals surface area contributed by atoms with Crippen molar-refractivity contribution >= 4 is 59.8 Å². The number of carbonyl (C=O) groups excluding carboxylic acids is 10. The van der Waals surface area contributed by atoms with Crippen molar-refractivity contribution < 1.29 is 120 Å². The monoisotopic (exact) mass is 1020 g/mol. The molecule has 2 aliphatic heterocycles. The summed E-state index contributed by atoms with van der Waals surface area (Å²) < 4.78 is 131. The van der Waals surface area contributed by atoms with Crippen molar-refractivity contribution in [3.63, 3.8) is 0 Å². The predicted octanol–water partition coefficient (Wildman–Crippen LogP) is 1.50. The summed E-state index contributed by atoms with van der Waals surface area (Å²) in [6.07, 6.45) is -17.9. The van der Waals surface area contributed by atoms with Crippen LogP contribution in [0.5, 0.6) is 0 Å². The maximum atomic E-state index is 14.1. The van der Waals surface area contributed by atoms with Gasteiger partial charge in [-0.2, -0.15) is 0 Å². The Bertz CT molecular complexity index is 2030. The lowest BCUT2D eigenvalue weighted by Gasteiger charge is -2.44. The highest BCUT2D eigenvalue weighted by molar-refractivity contribution is 5.76. The van der Waals surface area contributed by atoms with Gasteiger partial charge in [-0.15, -0.1) is 0 Å². The van der Waals surface area contributed by atoms with Crippen LogP contribution in [0.2, 0.25) is 0 Å². The van der Waals surface area contributed by atoms with Crippen molar-refractivity contribution in [3.05, 3.63) is 35.9 Å². The van der Waals surface area contributed by atoms with E-state index in [-0.39, 0.29) is 26.0 Å². The van der Waals surface area contributed by atoms with Gasteiger partial charge in [0.1, 0.15) is 32.0 Å². The summed E-state index contributed by atoms with van der Waals surface area (Å²) in [5, 5.41) is 2.62. The van der Waals surface area contributed by atoms with Crippen LogP contribution in [0.1, 0.15) is 97.4 Å². The van der Waals surface area contributed by atoms with Crippen molar-refractivity contribution in [2.45, 2.75) is 149 Å². The van der Waals surface area contributed by atoms with Gasteiger partial charge >= 0.3 is 53.8 Å². The lowest BCUT2D eigenvalue weighted by atomic mass is 9.98. The lowest BCUT2D eigenvalue weighted by molar-refractivity contribution is -0.309. The van der Waals surface area contributed by atoms with Crippen LogP contribution in [0.25, 0.3) is 0 Å². The fourth-order valence-electron chi connectivity index (χ4n) is 6.98. The average molecular weight is 1020 g/mol. The van der Waals surface area contributed by atoms with E-state index in [0.29, 0.717) is 12.8 Å². The van der Waals surface area contributed by atoms with Gasteiger partial charge in [0, 0.05) is 92.2 Å². The summed E-state index contributed by atoms with van der Waals surface area (Å²) in [5.74, 6) is -10.1. The van der Waals surface area contributed by atoms with Crippen LogP contribution in [0.15, 0.2) is 30.3 Å². The van der Waals surface area contributed by atoms with E-state index in [1.165, 1.54) is 4.90 Å². The molecule has 2 saturated heterocycles. The van der Waals surface area contributed by atoms with E-state index in [1.807, 2.05) is 6.07 Å². The number of hydrogen-bond donors (Lipinski definition) is 1. The maximum absolute atomic E-state index is 14.1. The van der Waals surface area contributed by atoms with Crippen LogP contribution in [0, 0.1) is 0 Å². The molecule has 2 aliphatic rings. The van der Waals surface area contributed by atoms with Crippen molar-refractivity contribution in [2.24, 2.45) is 0 Å². The molecule has 0 aromatic heterocycles. The summed E-state index contributed by atoms with van der Waals surface area (Å²) in [6, 6.07) is 8.95. The van der Waals surface area contributed by atoms with E-state index >= 15 is 0 Å². The minimum absolute atomic E-state index is 0.0367. The number of unbranched alkanes of at least 4 members (excludes halogenated alkanes) is 2. The average Bonchev–Trinajstić information content (AvgIpc) is 3.55. The van der Waals surface area contributed by atoms with Crippen LogP contribution in [0.3, 0.4) is 0 Å². The van der Waals surface area contributed by atoms with E-state index in [2.05, 4.69) is 5.32 Å². The number of rotatable bonds is 26. The Kier molecular flexibility index (Phi) is 20.0. The molecule has 1 aromatic carbocycles. The number of nitrogens with one attached hydrogen (secondary N) is 1. The van der Waals surface area contributed by atoms with E-state index in [0.717, 1.165) is 5.56 Å². The number of alkyl carbamates (subject to hydrolysis) is 1. The van der Waals surface area contributed by atoms with Gasteiger partial charge in [0.25, 0.3) is 0 Å². The molecule has 25 nitrogen and oxygen atoms in total. The zero-order chi connectivity index (χ0) is 58.3. The molecule has 0 saturated carbocycles. The first-order chi connectivity index (χ1) is 37.9. The molecular formula is C46H64N2O23. The van der Waals surface area contributed by atoms with Crippen LogP contribution in [-0.4, -0.2) is 172 Å².